The zero-order valence-corrected chi connectivity index (χ0v) is 22.6. The maximum atomic E-state index is 12.0. The number of esters is 1. The molecular formula is C25H43NO9. The summed E-state index contributed by atoms with van der Waals surface area (Å²) in [6.45, 7) is 15.8. The molecule has 202 valence electrons. The lowest BCUT2D eigenvalue weighted by Gasteiger charge is -2.63. The summed E-state index contributed by atoms with van der Waals surface area (Å²) in [5.74, 6) is -1.98. The van der Waals surface area contributed by atoms with Crippen LogP contribution in [0.5, 0.6) is 0 Å². The molecule has 0 saturated carbocycles. The van der Waals surface area contributed by atoms with Crippen LogP contribution < -0.4 is 0 Å². The minimum absolute atomic E-state index is 0.0330. The fourth-order valence-corrected chi connectivity index (χ4v) is 5.03. The zero-order chi connectivity index (χ0) is 26.5. The molecule has 10 nitrogen and oxygen atoms in total. The summed E-state index contributed by atoms with van der Waals surface area (Å²) >= 11 is 0. The minimum Gasteiger partial charge on any atom is -0.463 e. The van der Waals surface area contributed by atoms with Crippen molar-refractivity contribution in [1.29, 1.82) is 0 Å². The normalized spacial score (nSPS) is 35.4. The van der Waals surface area contributed by atoms with Gasteiger partial charge in [-0.3, -0.25) is 4.79 Å². The predicted octanol–water partition coefficient (Wildman–Crippen LogP) is 4.00. The highest BCUT2D eigenvalue weighted by Gasteiger charge is 2.64. The first-order valence-electron chi connectivity index (χ1n) is 12.6. The Balaban J connectivity index is 2.14. The Morgan fingerprint density at radius 3 is 2.06 bits per heavy atom. The largest absolute Gasteiger partial charge is 0.508 e. The second kappa shape index (κ2) is 11.4. The van der Waals surface area contributed by atoms with Crippen LogP contribution in [0.1, 0.15) is 81.1 Å². The van der Waals surface area contributed by atoms with Crippen molar-refractivity contribution in [2.24, 2.45) is 11.3 Å². The Morgan fingerprint density at radius 2 is 1.57 bits per heavy atom. The molecule has 2 fully saturated rings. The van der Waals surface area contributed by atoms with E-state index in [9.17, 15) is 14.4 Å². The smallest absolute Gasteiger partial charge is 0.463 e. The standard InChI is InChI=1S/C25H43NO9/c1-9-22(7)14-25(18(5)23(8,10-2)26(22)35-19(6)27)33-16-24(11-3,17-34-25)15-32-21(29)31-13-20(28)30-12-4/h18H,9-17H2,1-8H3. The van der Waals surface area contributed by atoms with Crippen LogP contribution in [-0.4, -0.2) is 73.1 Å². The molecule has 0 N–H and O–H groups in total. The molecule has 0 aromatic rings. The summed E-state index contributed by atoms with van der Waals surface area (Å²) in [6.07, 6.45) is 1.68. The Morgan fingerprint density at radius 1 is 0.943 bits per heavy atom. The highest BCUT2D eigenvalue weighted by atomic mass is 16.7. The van der Waals surface area contributed by atoms with Gasteiger partial charge >= 0.3 is 18.1 Å². The van der Waals surface area contributed by atoms with Gasteiger partial charge in [0, 0.05) is 19.3 Å². The fraction of sp³-hybridized carbons (Fsp3) is 0.880. The summed E-state index contributed by atoms with van der Waals surface area (Å²) in [5.41, 5.74) is -1.57. The van der Waals surface area contributed by atoms with Crippen LogP contribution in [-0.2, 0) is 38.1 Å². The highest BCUT2D eigenvalue weighted by Crippen LogP contribution is 2.54. The number of ether oxygens (including phenoxy) is 5. The van der Waals surface area contributed by atoms with Crippen molar-refractivity contribution in [2.45, 2.75) is 97.9 Å². The molecule has 0 bridgehead atoms. The lowest BCUT2D eigenvalue weighted by molar-refractivity contribution is -0.403. The molecule has 2 rings (SSSR count). The second-order valence-corrected chi connectivity index (χ2v) is 10.2. The van der Waals surface area contributed by atoms with Crippen LogP contribution in [0.4, 0.5) is 4.79 Å². The molecule has 35 heavy (non-hydrogen) atoms. The molecule has 2 heterocycles. The van der Waals surface area contributed by atoms with E-state index in [1.165, 1.54) is 6.92 Å². The third kappa shape index (κ3) is 6.09. The van der Waals surface area contributed by atoms with Gasteiger partial charge in [-0.1, -0.05) is 27.7 Å². The molecule has 10 heteroatoms. The molecule has 2 saturated heterocycles. The molecule has 2 aliphatic rings. The van der Waals surface area contributed by atoms with Crippen molar-refractivity contribution < 1.29 is 42.9 Å². The monoisotopic (exact) mass is 501 g/mol. The Hall–Kier alpha value is -1.91. The number of rotatable bonds is 9. The highest BCUT2D eigenvalue weighted by molar-refractivity contribution is 5.73. The van der Waals surface area contributed by atoms with E-state index in [0.717, 1.165) is 12.8 Å². The minimum atomic E-state index is -0.939. The van der Waals surface area contributed by atoms with Gasteiger partial charge in [-0.15, -0.1) is 5.06 Å². The van der Waals surface area contributed by atoms with Gasteiger partial charge in [0.15, 0.2) is 12.4 Å². The third-order valence-corrected chi connectivity index (χ3v) is 7.98. The summed E-state index contributed by atoms with van der Waals surface area (Å²) in [7, 11) is 0. The number of carbonyl (C=O) groups excluding carboxylic acids is 3. The van der Waals surface area contributed by atoms with E-state index in [4.69, 9.17) is 28.5 Å². The lowest BCUT2D eigenvalue weighted by atomic mass is 9.66. The van der Waals surface area contributed by atoms with E-state index < -0.39 is 41.0 Å². The summed E-state index contributed by atoms with van der Waals surface area (Å²) in [4.78, 5) is 41.1. The number of piperidine rings is 1. The van der Waals surface area contributed by atoms with Gasteiger partial charge in [-0.25, -0.2) is 9.59 Å². The quantitative estimate of drug-likeness (QED) is 0.430. The number of hydrogen-bond acceptors (Lipinski definition) is 10. The summed E-state index contributed by atoms with van der Waals surface area (Å²) in [6, 6.07) is 0. The van der Waals surface area contributed by atoms with Crippen molar-refractivity contribution in [3.63, 3.8) is 0 Å². The van der Waals surface area contributed by atoms with E-state index in [1.807, 2.05) is 12.0 Å². The molecular weight excluding hydrogens is 458 g/mol. The van der Waals surface area contributed by atoms with E-state index in [-0.39, 0.29) is 25.1 Å². The van der Waals surface area contributed by atoms with E-state index in [2.05, 4.69) is 34.6 Å². The molecule has 3 atom stereocenters. The van der Waals surface area contributed by atoms with Crippen LogP contribution in [0.15, 0.2) is 0 Å². The lowest BCUT2D eigenvalue weighted by Crippen LogP contribution is -2.74. The Kier molecular flexibility index (Phi) is 9.58. The van der Waals surface area contributed by atoms with Crippen LogP contribution in [0.2, 0.25) is 0 Å². The van der Waals surface area contributed by atoms with Gasteiger partial charge in [0.25, 0.3) is 0 Å². The second-order valence-electron chi connectivity index (χ2n) is 10.2. The molecule has 0 amide bonds. The Labute approximate surface area is 208 Å². The van der Waals surface area contributed by atoms with Crippen molar-refractivity contribution >= 4 is 18.1 Å². The molecule has 0 aliphatic carbocycles. The van der Waals surface area contributed by atoms with Gasteiger partial charge < -0.3 is 28.5 Å². The van der Waals surface area contributed by atoms with Crippen molar-refractivity contribution in [2.75, 3.05) is 33.0 Å². The van der Waals surface area contributed by atoms with Gasteiger partial charge in [-0.05, 0) is 40.0 Å². The fourth-order valence-electron chi connectivity index (χ4n) is 5.03. The van der Waals surface area contributed by atoms with Crippen molar-refractivity contribution in [3.05, 3.63) is 0 Å². The van der Waals surface area contributed by atoms with Crippen LogP contribution in [0.3, 0.4) is 0 Å². The van der Waals surface area contributed by atoms with Gasteiger partial charge in [-0.2, -0.15) is 0 Å². The summed E-state index contributed by atoms with van der Waals surface area (Å²) < 4.78 is 27.9. The van der Waals surface area contributed by atoms with E-state index in [1.54, 1.807) is 6.92 Å². The average Bonchev–Trinajstić information content (AvgIpc) is 2.84. The molecule has 1 spiro atoms. The number of hydroxylamine groups is 2. The predicted molar refractivity (Wildman–Crippen MR) is 126 cm³/mol. The van der Waals surface area contributed by atoms with E-state index >= 15 is 0 Å². The van der Waals surface area contributed by atoms with E-state index in [0.29, 0.717) is 26.1 Å². The third-order valence-electron chi connectivity index (χ3n) is 7.98. The molecule has 0 aromatic carbocycles. The van der Waals surface area contributed by atoms with Gasteiger partial charge in [0.2, 0.25) is 0 Å². The summed E-state index contributed by atoms with van der Waals surface area (Å²) in [5, 5.41) is 1.86. The van der Waals surface area contributed by atoms with Crippen LogP contribution >= 0.6 is 0 Å². The Bertz CT molecular complexity index is 764. The van der Waals surface area contributed by atoms with Crippen LogP contribution in [0.25, 0.3) is 0 Å². The molecule has 0 radical (unpaired) electrons. The first kappa shape index (κ1) is 29.3. The number of carbonyl (C=O) groups is 3. The molecule has 2 aliphatic heterocycles. The maximum Gasteiger partial charge on any atom is 0.508 e. The van der Waals surface area contributed by atoms with Crippen molar-refractivity contribution in [1.82, 2.24) is 5.06 Å². The number of hydrogen-bond donors (Lipinski definition) is 0. The topological polar surface area (TPSA) is 110 Å². The van der Waals surface area contributed by atoms with Gasteiger partial charge in [0.1, 0.15) is 6.61 Å². The maximum absolute atomic E-state index is 12.0. The van der Waals surface area contributed by atoms with Gasteiger partial charge in [0.05, 0.1) is 36.3 Å². The van der Waals surface area contributed by atoms with Crippen molar-refractivity contribution in [3.8, 4) is 0 Å². The first-order valence-corrected chi connectivity index (χ1v) is 12.6. The molecule has 3 unspecified atom stereocenters. The molecule has 0 aromatic heterocycles. The SMILES string of the molecule is CCOC(=O)COC(=O)OCC1(CC)COC2(CC(C)(CC)N(OC(C)=O)C(C)(CC)C2C)OC1. The number of nitrogens with zero attached hydrogens (tertiary/aromatic N) is 1. The first-order chi connectivity index (χ1) is 16.4. The average molecular weight is 502 g/mol. The zero-order valence-electron chi connectivity index (χ0n) is 22.6. The van der Waals surface area contributed by atoms with Crippen LogP contribution in [0, 0.1) is 11.3 Å².